The molecule has 21 heavy (non-hydrogen) atoms. The van der Waals surface area contributed by atoms with Gasteiger partial charge in [-0.25, -0.2) is 0 Å². The van der Waals surface area contributed by atoms with Crippen LogP contribution < -0.4 is 5.32 Å². The first-order valence-corrected chi connectivity index (χ1v) is 9.33. The van der Waals surface area contributed by atoms with Gasteiger partial charge in [-0.1, -0.05) is 45.4 Å². The van der Waals surface area contributed by atoms with Gasteiger partial charge in [0.05, 0.1) is 6.61 Å². The number of nitrogens with one attached hydrogen (secondary N) is 1. The molecule has 1 atom stereocenters. The van der Waals surface area contributed by atoms with Crippen molar-refractivity contribution >= 4 is 0 Å². The summed E-state index contributed by atoms with van der Waals surface area (Å²) < 4.78 is 5.44. The Balaban J connectivity index is 1.98. The van der Waals surface area contributed by atoms with E-state index in [-0.39, 0.29) is 0 Å². The summed E-state index contributed by atoms with van der Waals surface area (Å²) in [7, 11) is 1.83. The van der Waals surface area contributed by atoms with Crippen molar-refractivity contribution in [1.29, 1.82) is 0 Å². The van der Waals surface area contributed by atoms with Crippen LogP contribution in [0.15, 0.2) is 0 Å². The molecule has 0 heterocycles. The number of likely N-dealkylation sites (N-methyl/N-ethyl adjacent to an activating group) is 1. The van der Waals surface area contributed by atoms with Gasteiger partial charge in [-0.3, -0.25) is 4.90 Å². The van der Waals surface area contributed by atoms with E-state index in [4.69, 9.17) is 4.74 Å². The standard InChI is InChI=1S/C18H36N2O/c1-3-19-16(15-21-2)14-20(17-10-6-4-7-11-17)18-12-8-5-9-13-18/h16-19H,3-15H2,1-2H3. The fourth-order valence-electron chi connectivity index (χ4n) is 4.34. The van der Waals surface area contributed by atoms with Gasteiger partial charge in [-0.05, 0) is 32.2 Å². The van der Waals surface area contributed by atoms with E-state index in [9.17, 15) is 0 Å². The Morgan fingerprint density at radius 1 is 0.952 bits per heavy atom. The highest BCUT2D eigenvalue weighted by atomic mass is 16.5. The van der Waals surface area contributed by atoms with Crippen molar-refractivity contribution < 1.29 is 4.74 Å². The SMILES string of the molecule is CCNC(COC)CN(C1CCCCC1)C1CCCCC1. The minimum absolute atomic E-state index is 0.490. The van der Waals surface area contributed by atoms with E-state index in [2.05, 4.69) is 17.1 Å². The van der Waals surface area contributed by atoms with Crippen molar-refractivity contribution in [3.05, 3.63) is 0 Å². The summed E-state index contributed by atoms with van der Waals surface area (Å²) in [5, 5.41) is 3.63. The molecule has 2 aliphatic rings. The van der Waals surface area contributed by atoms with Crippen LogP contribution in [0.4, 0.5) is 0 Å². The van der Waals surface area contributed by atoms with Gasteiger partial charge in [0.15, 0.2) is 0 Å². The third-order valence-electron chi connectivity index (χ3n) is 5.38. The van der Waals surface area contributed by atoms with Crippen molar-refractivity contribution in [1.82, 2.24) is 10.2 Å². The fraction of sp³-hybridized carbons (Fsp3) is 1.00. The largest absolute Gasteiger partial charge is 0.383 e. The summed E-state index contributed by atoms with van der Waals surface area (Å²) in [5.74, 6) is 0. The first-order chi connectivity index (χ1) is 10.3. The maximum absolute atomic E-state index is 5.44. The zero-order valence-electron chi connectivity index (χ0n) is 14.3. The van der Waals surface area contributed by atoms with Gasteiger partial charge in [0.2, 0.25) is 0 Å². The molecule has 1 N–H and O–H groups in total. The molecule has 3 heteroatoms. The van der Waals surface area contributed by atoms with Crippen LogP contribution in [-0.4, -0.2) is 49.8 Å². The highest BCUT2D eigenvalue weighted by Gasteiger charge is 2.30. The number of ether oxygens (including phenoxy) is 1. The van der Waals surface area contributed by atoms with Crippen LogP contribution >= 0.6 is 0 Å². The molecule has 0 spiro atoms. The van der Waals surface area contributed by atoms with Gasteiger partial charge < -0.3 is 10.1 Å². The zero-order chi connectivity index (χ0) is 14.9. The van der Waals surface area contributed by atoms with E-state index in [0.717, 1.165) is 25.2 Å². The van der Waals surface area contributed by atoms with Crippen LogP contribution in [0.3, 0.4) is 0 Å². The maximum Gasteiger partial charge on any atom is 0.0628 e. The summed E-state index contributed by atoms with van der Waals surface area (Å²) >= 11 is 0. The van der Waals surface area contributed by atoms with Crippen LogP contribution in [0.1, 0.15) is 71.1 Å². The lowest BCUT2D eigenvalue weighted by Crippen LogP contribution is -2.52. The Kier molecular flexibility index (Phi) is 8.05. The van der Waals surface area contributed by atoms with E-state index >= 15 is 0 Å². The lowest BCUT2D eigenvalue weighted by atomic mass is 9.88. The molecule has 0 bridgehead atoms. The first-order valence-electron chi connectivity index (χ1n) is 9.33. The summed E-state index contributed by atoms with van der Waals surface area (Å²) in [4.78, 5) is 2.88. The lowest BCUT2D eigenvalue weighted by Gasteiger charge is -2.43. The van der Waals surface area contributed by atoms with E-state index < -0.39 is 0 Å². The zero-order valence-corrected chi connectivity index (χ0v) is 14.3. The molecule has 0 amide bonds. The molecule has 2 aliphatic carbocycles. The van der Waals surface area contributed by atoms with Gasteiger partial charge in [0.1, 0.15) is 0 Å². The molecule has 2 saturated carbocycles. The van der Waals surface area contributed by atoms with Crippen molar-refractivity contribution in [3.63, 3.8) is 0 Å². The molecule has 0 aromatic heterocycles. The molecular weight excluding hydrogens is 260 g/mol. The molecule has 3 nitrogen and oxygen atoms in total. The molecule has 0 aliphatic heterocycles. The molecule has 0 aromatic carbocycles. The quantitative estimate of drug-likeness (QED) is 0.741. The second-order valence-corrected chi connectivity index (χ2v) is 6.99. The summed E-state index contributed by atoms with van der Waals surface area (Å²) in [6.07, 6.45) is 14.3. The minimum atomic E-state index is 0.490. The van der Waals surface area contributed by atoms with Gasteiger partial charge in [0.25, 0.3) is 0 Å². The van der Waals surface area contributed by atoms with Crippen molar-refractivity contribution in [2.75, 3.05) is 26.8 Å². The summed E-state index contributed by atoms with van der Waals surface area (Å²) in [5.41, 5.74) is 0. The Morgan fingerprint density at radius 2 is 1.48 bits per heavy atom. The normalized spacial score (nSPS) is 23.6. The maximum atomic E-state index is 5.44. The lowest BCUT2D eigenvalue weighted by molar-refractivity contribution is 0.0544. The Bertz CT molecular complexity index is 236. The second kappa shape index (κ2) is 9.81. The van der Waals surface area contributed by atoms with Gasteiger partial charge in [0, 0.05) is 31.8 Å². The first kappa shape index (κ1) is 17.2. The third-order valence-corrected chi connectivity index (χ3v) is 5.38. The van der Waals surface area contributed by atoms with Crippen LogP contribution in [0.2, 0.25) is 0 Å². The van der Waals surface area contributed by atoms with Crippen molar-refractivity contribution in [2.24, 2.45) is 0 Å². The molecule has 0 radical (unpaired) electrons. The number of hydrogen-bond donors (Lipinski definition) is 1. The second-order valence-electron chi connectivity index (χ2n) is 6.99. The predicted molar refractivity (Wildman–Crippen MR) is 89.8 cm³/mol. The number of nitrogens with zero attached hydrogens (tertiary/aromatic N) is 1. The molecular formula is C18H36N2O. The number of rotatable bonds is 8. The molecule has 2 rings (SSSR count). The topological polar surface area (TPSA) is 24.5 Å². The fourth-order valence-corrected chi connectivity index (χ4v) is 4.34. The van der Waals surface area contributed by atoms with Crippen LogP contribution in [-0.2, 0) is 4.74 Å². The highest BCUT2D eigenvalue weighted by Crippen LogP contribution is 2.30. The van der Waals surface area contributed by atoms with E-state index in [1.54, 1.807) is 0 Å². The van der Waals surface area contributed by atoms with Crippen LogP contribution in [0, 0.1) is 0 Å². The summed E-state index contributed by atoms with van der Waals surface area (Å²) in [6, 6.07) is 2.16. The van der Waals surface area contributed by atoms with Crippen molar-refractivity contribution in [3.8, 4) is 0 Å². The van der Waals surface area contributed by atoms with Gasteiger partial charge in [-0.2, -0.15) is 0 Å². The van der Waals surface area contributed by atoms with E-state index in [1.807, 2.05) is 7.11 Å². The molecule has 0 aromatic rings. The van der Waals surface area contributed by atoms with E-state index in [1.165, 1.54) is 70.8 Å². The number of methoxy groups -OCH3 is 1. The highest BCUT2D eigenvalue weighted by molar-refractivity contribution is 4.86. The van der Waals surface area contributed by atoms with Gasteiger partial charge >= 0.3 is 0 Å². The Hall–Kier alpha value is -0.120. The Morgan fingerprint density at radius 3 is 1.90 bits per heavy atom. The molecule has 124 valence electrons. The minimum Gasteiger partial charge on any atom is -0.383 e. The van der Waals surface area contributed by atoms with Gasteiger partial charge in [-0.15, -0.1) is 0 Å². The average Bonchev–Trinajstić information content (AvgIpc) is 2.54. The van der Waals surface area contributed by atoms with Crippen LogP contribution in [0.5, 0.6) is 0 Å². The molecule has 2 fully saturated rings. The molecule has 1 unspecified atom stereocenters. The third kappa shape index (κ3) is 5.54. The summed E-state index contributed by atoms with van der Waals surface area (Å²) in [6.45, 7) is 5.26. The number of hydrogen-bond acceptors (Lipinski definition) is 3. The predicted octanol–water partition coefficient (Wildman–Crippen LogP) is 3.58. The van der Waals surface area contributed by atoms with E-state index in [0.29, 0.717) is 6.04 Å². The average molecular weight is 296 g/mol. The monoisotopic (exact) mass is 296 g/mol. The smallest absolute Gasteiger partial charge is 0.0628 e. The van der Waals surface area contributed by atoms with Crippen molar-refractivity contribution in [2.45, 2.75) is 89.3 Å². The molecule has 0 saturated heterocycles. The Labute approximate surface area is 131 Å². The van der Waals surface area contributed by atoms with Crippen LogP contribution in [0.25, 0.3) is 0 Å².